The van der Waals surface area contributed by atoms with E-state index >= 15 is 0 Å². The molecule has 6 nitrogen and oxygen atoms in total. The summed E-state index contributed by atoms with van der Waals surface area (Å²) in [4.78, 5) is 29.9. The number of rotatable bonds is 4. The zero-order valence-electron chi connectivity index (χ0n) is 13.2. The van der Waals surface area contributed by atoms with Crippen LogP contribution in [-0.2, 0) is 19.1 Å². The normalized spacial score (nSPS) is 9.10. The van der Waals surface area contributed by atoms with E-state index in [1.165, 1.54) is 6.92 Å². The first-order valence-electron chi connectivity index (χ1n) is 6.08. The molecule has 0 aliphatic carbocycles. The molecule has 0 rings (SSSR count). The van der Waals surface area contributed by atoms with Gasteiger partial charge in [0.25, 0.3) is 0 Å². The van der Waals surface area contributed by atoms with Crippen LogP contribution in [0.15, 0.2) is 36.0 Å². The molecule has 0 radical (unpaired) electrons. The lowest BCUT2D eigenvalue weighted by Crippen LogP contribution is -2.03. The summed E-state index contributed by atoms with van der Waals surface area (Å²) in [6, 6.07) is 0. The lowest BCUT2D eigenvalue weighted by atomic mass is 10.3. The van der Waals surface area contributed by atoms with Crippen LogP contribution >= 0.6 is 0 Å². The van der Waals surface area contributed by atoms with Gasteiger partial charge in [-0.25, -0.2) is 14.4 Å². The largest absolute Gasteiger partial charge is 0.478 e. The Morgan fingerprint density at radius 2 is 1.38 bits per heavy atom. The van der Waals surface area contributed by atoms with Crippen molar-refractivity contribution in [3.63, 3.8) is 0 Å². The van der Waals surface area contributed by atoms with Crippen molar-refractivity contribution in [2.24, 2.45) is 0 Å². The third kappa shape index (κ3) is 20.1. The number of allylic oxidation sites excluding steroid dienone is 1. The maximum atomic E-state index is 10.4. The van der Waals surface area contributed by atoms with Gasteiger partial charge in [0.15, 0.2) is 0 Å². The Hall–Kier alpha value is -2.37. The number of carbonyl (C=O) groups is 3. The molecule has 0 bridgehead atoms. The van der Waals surface area contributed by atoms with Crippen LogP contribution in [0.5, 0.6) is 0 Å². The predicted octanol–water partition coefficient (Wildman–Crippen LogP) is 2.81. The number of esters is 1. The zero-order chi connectivity index (χ0) is 17.6. The molecule has 0 aromatic rings. The van der Waals surface area contributed by atoms with Crippen LogP contribution in [0.2, 0.25) is 0 Å². The average molecular weight is 300 g/mol. The summed E-state index contributed by atoms with van der Waals surface area (Å²) in [5.74, 6) is -2.09. The van der Waals surface area contributed by atoms with Gasteiger partial charge >= 0.3 is 17.9 Å². The first kappa shape index (κ1) is 23.7. The average Bonchev–Trinajstić information content (AvgIpc) is 2.39. The molecule has 6 heteroatoms. The fourth-order valence-electron chi connectivity index (χ4n) is 0.378. The fraction of sp³-hybridized carbons (Fsp3) is 0.400. The minimum Gasteiger partial charge on any atom is -0.478 e. The molecular weight excluding hydrogens is 276 g/mol. The van der Waals surface area contributed by atoms with Crippen LogP contribution < -0.4 is 0 Å². The molecule has 0 unspecified atom stereocenters. The van der Waals surface area contributed by atoms with E-state index in [0.29, 0.717) is 17.8 Å². The highest BCUT2D eigenvalue weighted by Crippen LogP contribution is 1.89. The zero-order valence-corrected chi connectivity index (χ0v) is 13.2. The molecule has 2 N–H and O–H groups in total. The maximum Gasteiger partial charge on any atom is 0.333 e. The molecule has 0 aromatic carbocycles. The first-order chi connectivity index (χ1) is 9.50. The number of carboxylic acid groups (broad SMARTS) is 2. The third-order valence-corrected chi connectivity index (χ3v) is 1.76. The molecule has 21 heavy (non-hydrogen) atoms. The lowest BCUT2D eigenvalue weighted by Gasteiger charge is -1.96. The minimum atomic E-state index is -0.935. The van der Waals surface area contributed by atoms with Gasteiger partial charge in [0.1, 0.15) is 0 Å². The van der Waals surface area contributed by atoms with Gasteiger partial charge in [-0.15, -0.1) is 0 Å². The van der Waals surface area contributed by atoms with E-state index in [4.69, 9.17) is 10.2 Å². The van der Waals surface area contributed by atoms with Gasteiger partial charge in [0, 0.05) is 16.7 Å². The van der Waals surface area contributed by atoms with Crippen molar-refractivity contribution in [3.8, 4) is 0 Å². The monoisotopic (exact) mass is 300 g/mol. The fourth-order valence-corrected chi connectivity index (χ4v) is 0.378. The predicted molar refractivity (Wildman–Crippen MR) is 81.0 cm³/mol. The Labute approximate surface area is 125 Å². The smallest absolute Gasteiger partial charge is 0.333 e. The van der Waals surface area contributed by atoms with Gasteiger partial charge in [0.05, 0.1) is 6.61 Å². The summed E-state index contributed by atoms with van der Waals surface area (Å²) in [5.41, 5.74) is 1.02. The Kier molecular flexibility index (Phi) is 15.9. The van der Waals surface area contributed by atoms with Crippen LogP contribution in [0.3, 0.4) is 0 Å². The minimum absolute atomic E-state index is 0.176. The Morgan fingerprint density at radius 1 is 1.00 bits per heavy atom. The van der Waals surface area contributed by atoms with Gasteiger partial charge in [-0.3, -0.25) is 0 Å². The highest BCUT2D eigenvalue weighted by atomic mass is 16.5. The SMILES string of the molecule is C=C(C)C(=O)O.C=C(C)C(=O)OCC.CC=C(C)C(=O)O. The molecule has 0 aromatic heterocycles. The molecule has 0 atom stereocenters. The number of aliphatic carboxylic acids is 2. The summed E-state index contributed by atoms with van der Waals surface area (Å²) in [6.45, 7) is 15.1. The second kappa shape index (κ2) is 14.0. The van der Waals surface area contributed by atoms with E-state index in [2.05, 4.69) is 17.9 Å². The number of hydrogen-bond acceptors (Lipinski definition) is 4. The summed E-state index contributed by atoms with van der Waals surface area (Å²) >= 11 is 0. The Morgan fingerprint density at radius 3 is 1.43 bits per heavy atom. The van der Waals surface area contributed by atoms with E-state index < -0.39 is 11.9 Å². The number of hydrogen-bond donors (Lipinski definition) is 2. The molecule has 0 fully saturated rings. The van der Waals surface area contributed by atoms with Gasteiger partial charge in [0.2, 0.25) is 0 Å². The number of carboxylic acids is 2. The van der Waals surface area contributed by atoms with Crippen LogP contribution in [0.1, 0.15) is 34.6 Å². The molecule has 0 heterocycles. The number of ether oxygens (including phenoxy) is 1. The third-order valence-electron chi connectivity index (χ3n) is 1.76. The second-order valence-electron chi connectivity index (χ2n) is 3.86. The van der Waals surface area contributed by atoms with Crippen molar-refractivity contribution in [2.45, 2.75) is 34.6 Å². The molecule has 0 aliphatic rings. The van der Waals surface area contributed by atoms with E-state index in [0.717, 1.165) is 0 Å². The molecule has 0 saturated carbocycles. The lowest BCUT2D eigenvalue weighted by molar-refractivity contribution is -0.138. The van der Waals surface area contributed by atoms with E-state index in [-0.39, 0.29) is 11.5 Å². The van der Waals surface area contributed by atoms with Crippen molar-refractivity contribution in [3.05, 3.63) is 36.0 Å². The first-order valence-corrected chi connectivity index (χ1v) is 6.08. The molecule has 0 saturated heterocycles. The van der Waals surface area contributed by atoms with Crippen molar-refractivity contribution in [1.29, 1.82) is 0 Å². The molecular formula is C15H24O6. The Balaban J connectivity index is -0.000000234. The van der Waals surface area contributed by atoms with Gasteiger partial charge in [-0.2, -0.15) is 0 Å². The maximum absolute atomic E-state index is 10.4. The van der Waals surface area contributed by atoms with Crippen LogP contribution in [0.4, 0.5) is 0 Å². The topological polar surface area (TPSA) is 101 Å². The summed E-state index contributed by atoms with van der Waals surface area (Å²) in [5, 5.41) is 16.0. The van der Waals surface area contributed by atoms with Crippen molar-refractivity contribution in [1.82, 2.24) is 0 Å². The summed E-state index contributed by atoms with van der Waals surface area (Å²) < 4.78 is 4.56. The van der Waals surface area contributed by atoms with Crippen molar-refractivity contribution in [2.75, 3.05) is 6.61 Å². The van der Waals surface area contributed by atoms with Crippen molar-refractivity contribution < 1.29 is 29.3 Å². The van der Waals surface area contributed by atoms with Crippen LogP contribution in [0.25, 0.3) is 0 Å². The van der Waals surface area contributed by atoms with Crippen molar-refractivity contribution >= 4 is 17.9 Å². The quantitative estimate of drug-likeness (QED) is 0.611. The van der Waals surface area contributed by atoms with Crippen LogP contribution in [-0.4, -0.2) is 34.7 Å². The van der Waals surface area contributed by atoms with Gasteiger partial charge in [-0.05, 0) is 34.6 Å². The summed E-state index contributed by atoms with van der Waals surface area (Å²) in [6.07, 6.45) is 1.56. The second-order valence-corrected chi connectivity index (χ2v) is 3.86. The highest BCUT2D eigenvalue weighted by molar-refractivity contribution is 5.87. The van der Waals surface area contributed by atoms with Crippen LogP contribution in [0, 0.1) is 0 Å². The number of carbonyl (C=O) groups excluding carboxylic acids is 1. The molecule has 0 aliphatic heterocycles. The van der Waals surface area contributed by atoms with E-state index in [1.54, 1.807) is 33.8 Å². The standard InChI is InChI=1S/C6H10O2.C5H8O2.C4H6O2/c1-4-8-6(7)5(2)3;1-3-4(2)5(6)7;1-3(2)4(5)6/h2,4H2,1,3H3;3H,1-2H3,(H,6,7);1H2,2H3,(H,5,6). The molecule has 0 spiro atoms. The Bertz CT molecular complexity index is 406. The molecule has 120 valence electrons. The molecule has 0 amide bonds. The highest BCUT2D eigenvalue weighted by Gasteiger charge is 1.98. The van der Waals surface area contributed by atoms with E-state index in [1.807, 2.05) is 0 Å². The van der Waals surface area contributed by atoms with Gasteiger partial charge < -0.3 is 14.9 Å². The van der Waals surface area contributed by atoms with E-state index in [9.17, 15) is 14.4 Å². The van der Waals surface area contributed by atoms with Gasteiger partial charge in [-0.1, -0.05) is 19.2 Å². The summed E-state index contributed by atoms with van der Waals surface area (Å²) in [7, 11) is 0.